The van der Waals surface area contributed by atoms with Gasteiger partial charge in [-0.3, -0.25) is 14.5 Å². The molecule has 0 spiro atoms. The Balaban J connectivity index is 1.53. The number of carbonyl (C=O) groups is 2. The van der Waals surface area contributed by atoms with E-state index in [4.69, 9.17) is 9.47 Å². The van der Waals surface area contributed by atoms with E-state index in [0.717, 1.165) is 13.1 Å². The van der Waals surface area contributed by atoms with Gasteiger partial charge < -0.3 is 19.7 Å². The number of thiophene rings is 1. The van der Waals surface area contributed by atoms with Gasteiger partial charge in [0.2, 0.25) is 5.91 Å². The van der Waals surface area contributed by atoms with E-state index in [2.05, 4.69) is 10.2 Å². The van der Waals surface area contributed by atoms with Crippen molar-refractivity contribution in [1.82, 2.24) is 15.1 Å². The van der Waals surface area contributed by atoms with E-state index in [1.54, 1.807) is 4.90 Å². The fourth-order valence-electron chi connectivity index (χ4n) is 3.12. The minimum Gasteiger partial charge on any atom is -0.485 e. The second-order valence-electron chi connectivity index (χ2n) is 5.55. The summed E-state index contributed by atoms with van der Waals surface area (Å²) in [6.45, 7) is 4.31. The van der Waals surface area contributed by atoms with Gasteiger partial charge in [-0.1, -0.05) is 0 Å². The third-order valence-corrected chi connectivity index (χ3v) is 5.20. The van der Waals surface area contributed by atoms with Crippen molar-refractivity contribution in [3.63, 3.8) is 0 Å². The van der Waals surface area contributed by atoms with E-state index >= 15 is 0 Å². The molecule has 0 saturated carbocycles. The number of ether oxygens (including phenoxy) is 2. The summed E-state index contributed by atoms with van der Waals surface area (Å²) in [4.78, 5) is 29.2. The molecule has 1 aromatic rings. The van der Waals surface area contributed by atoms with Gasteiger partial charge in [0.15, 0.2) is 11.5 Å². The normalized spacial score (nSPS) is 24.6. The second kappa shape index (κ2) is 5.44. The summed E-state index contributed by atoms with van der Waals surface area (Å²) < 4.78 is 11.1. The molecular formula is C14H17N3O4S. The predicted molar refractivity (Wildman–Crippen MR) is 79.6 cm³/mol. The molecule has 4 rings (SSSR count). The summed E-state index contributed by atoms with van der Waals surface area (Å²) in [7, 11) is 0. The summed E-state index contributed by atoms with van der Waals surface area (Å²) >= 11 is 1.34. The Morgan fingerprint density at radius 1 is 1.27 bits per heavy atom. The average molecular weight is 323 g/mol. The van der Waals surface area contributed by atoms with E-state index in [1.165, 1.54) is 11.3 Å². The maximum atomic E-state index is 12.8. The molecule has 1 atom stereocenters. The summed E-state index contributed by atoms with van der Waals surface area (Å²) in [5.74, 6) is 1.14. The molecule has 2 amide bonds. The van der Waals surface area contributed by atoms with Crippen LogP contribution in [0.5, 0.6) is 11.5 Å². The van der Waals surface area contributed by atoms with Crippen molar-refractivity contribution in [2.24, 2.45) is 0 Å². The van der Waals surface area contributed by atoms with Crippen molar-refractivity contribution < 1.29 is 19.1 Å². The molecule has 22 heavy (non-hydrogen) atoms. The average Bonchev–Trinajstić information content (AvgIpc) is 2.98. The number of piperazine rings is 2. The van der Waals surface area contributed by atoms with Crippen LogP contribution in [-0.4, -0.2) is 73.6 Å². The fourth-order valence-corrected chi connectivity index (χ4v) is 4.01. The Labute approximate surface area is 131 Å². The van der Waals surface area contributed by atoms with E-state index in [9.17, 15) is 9.59 Å². The Bertz CT molecular complexity index is 617. The minimum atomic E-state index is -0.237. The van der Waals surface area contributed by atoms with E-state index < -0.39 is 0 Å². The van der Waals surface area contributed by atoms with Crippen LogP contribution in [0.2, 0.25) is 0 Å². The van der Waals surface area contributed by atoms with Crippen molar-refractivity contribution >= 4 is 23.2 Å². The van der Waals surface area contributed by atoms with Gasteiger partial charge in [-0.15, -0.1) is 11.3 Å². The lowest BCUT2D eigenvalue weighted by Crippen LogP contribution is -2.64. The number of fused-ring (bicyclic) bond motifs is 2. The summed E-state index contributed by atoms with van der Waals surface area (Å²) in [6.07, 6.45) is 0. The highest BCUT2D eigenvalue weighted by molar-refractivity contribution is 7.12. The molecule has 2 saturated heterocycles. The standard InChI is InChI=1S/C14H17N3O4S/c18-13-9-7-17(4-3-16(9)2-1-15-13)14(19)12-11-10(8-22-12)20-5-6-21-11/h8-9H,1-7H2,(H,15,18)/t9-/m0/s1. The molecule has 3 aliphatic heterocycles. The Morgan fingerprint density at radius 3 is 3.05 bits per heavy atom. The number of hydrogen-bond donors (Lipinski definition) is 1. The first kappa shape index (κ1) is 13.8. The smallest absolute Gasteiger partial charge is 0.268 e. The molecule has 8 heteroatoms. The first-order valence-corrected chi connectivity index (χ1v) is 8.30. The third-order valence-electron chi connectivity index (χ3n) is 4.27. The van der Waals surface area contributed by atoms with Crippen LogP contribution in [0.25, 0.3) is 0 Å². The highest BCUT2D eigenvalue weighted by Gasteiger charge is 2.37. The van der Waals surface area contributed by atoms with Crippen molar-refractivity contribution in [1.29, 1.82) is 0 Å². The van der Waals surface area contributed by atoms with Gasteiger partial charge in [0.25, 0.3) is 5.91 Å². The number of hydrogen-bond acceptors (Lipinski definition) is 6. The van der Waals surface area contributed by atoms with Crippen LogP contribution in [0.1, 0.15) is 9.67 Å². The Hall–Kier alpha value is -1.80. The number of carbonyl (C=O) groups excluding carboxylic acids is 2. The van der Waals surface area contributed by atoms with Crippen molar-refractivity contribution in [3.05, 3.63) is 10.3 Å². The monoisotopic (exact) mass is 323 g/mol. The summed E-state index contributed by atoms with van der Waals surface area (Å²) in [6, 6.07) is -0.237. The van der Waals surface area contributed by atoms with Crippen LogP contribution < -0.4 is 14.8 Å². The van der Waals surface area contributed by atoms with Crippen LogP contribution in [0, 0.1) is 0 Å². The van der Waals surface area contributed by atoms with Crippen LogP contribution in [0.3, 0.4) is 0 Å². The molecule has 7 nitrogen and oxygen atoms in total. The van der Waals surface area contributed by atoms with Crippen LogP contribution >= 0.6 is 11.3 Å². The highest BCUT2D eigenvalue weighted by Crippen LogP contribution is 2.40. The van der Waals surface area contributed by atoms with Gasteiger partial charge in [-0.25, -0.2) is 0 Å². The fraction of sp³-hybridized carbons (Fsp3) is 0.571. The molecule has 3 aliphatic rings. The van der Waals surface area contributed by atoms with Gasteiger partial charge in [0.1, 0.15) is 24.1 Å². The lowest BCUT2D eigenvalue weighted by molar-refractivity contribution is -0.131. The van der Waals surface area contributed by atoms with E-state index in [1.807, 2.05) is 5.38 Å². The first-order chi connectivity index (χ1) is 10.7. The molecule has 2 fully saturated rings. The quantitative estimate of drug-likeness (QED) is 0.773. The zero-order valence-electron chi connectivity index (χ0n) is 12.0. The lowest BCUT2D eigenvalue weighted by Gasteiger charge is -2.42. The topological polar surface area (TPSA) is 71.1 Å². The molecular weight excluding hydrogens is 306 g/mol. The number of nitrogens with one attached hydrogen (secondary N) is 1. The SMILES string of the molecule is O=C1NCCN2CCN(C(=O)c3scc4c3OCCO4)C[C@@H]12. The molecule has 1 aromatic heterocycles. The number of rotatable bonds is 1. The highest BCUT2D eigenvalue weighted by atomic mass is 32.1. The molecule has 0 unspecified atom stereocenters. The summed E-state index contributed by atoms with van der Waals surface area (Å²) in [5.41, 5.74) is 0. The van der Waals surface area contributed by atoms with Crippen LogP contribution in [0.4, 0.5) is 0 Å². The zero-order valence-corrected chi connectivity index (χ0v) is 12.9. The molecule has 0 aromatic carbocycles. The van der Waals surface area contributed by atoms with Crippen LogP contribution in [0.15, 0.2) is 5.38 Å². The molecule has 1 N–H and O–H groups in total. The summed E-state index contributed by atoms with van der Waals surface area (Å²) in [5, 5.41) is 4.68. The van der Waals surface area contributed by atoms with Gasteiger partial charge in [0, 0.05) is 38.1 Å². The largest absolute Gasteiger partial charge is 0.485 e. The van der Waals surface area contributed by atoms with Gasteiger partial charge >= 0.3 is 0 Å². The van der Waals surface area contributed by atoms with Gasteiger partial charge in [-0.05, 0) is 0 Å². The predicted octanol–water partition coefficient (Wildman–Crippen LogP) is -0.224. The number of nitrogens with zero attached hydrogens (tertiary/aromatic N) is 2. The van der Waals surface area contributed by atoms with Crippen LogP contribution in [-0.2, 0) is 4.79 Å². The maximum Gasteiger partial charge on any atom is 0.268 e. The molecule has 4 heterocycles. The van der Waals surface area contributed by atoms with E-state index in [0.29, 0.717) is 49.2 Å². The zero-order chi connectivity index (χ0) is 15.1. The molecule has 0 radical (unpaired) electrons. The Kier molecular flexibility index (Phi) is 3.42. The molecule has 0 aliphatic carbocycles. The van der Waals surface area contributed by atoms with Gasteiger partial charge in [0.05, 0.1) is 0 Å². The van der Waals surface area contributed by atoms with Crippen molar-refractivity contribution in [3.8, 4) is 11.5 Å². The van der Waals surface area contributed by atoms with Gasteiger partial charge in [-0.2, -0.15) is 0 Å². The number of amides is 2. The second-order valence-corrected chi connectivity index (χ2v) is 6.43. The first-order valence-electron chi connectivity index (χ1n) is 7.42. The van der Waals surface area contributed by atoms with Crippen molar-refractivity contribution in [2.45, 2.75) is 6.04 Å². The Morgan fingerprint density at radius 2 is 2.14 bits per heavy atom. The van der Waals surface area contributed by atoms with E-state index in [-0.39, 0.29) is 17.9 Å². The third kappa shape index (κ3) is 2.22. The van der Waals surface area contributed by atoms with Crippen molar-refractivity contribution in [2.75, 3.05) is 45.9 Å². The lowest BCUT2D eigenvalue weighted by atomic mass is 10.1. The maximum absolute atomic E-state index is 12.8. The molecule has 118 valence electrons. The minimum absolute atomic E-state index is 0.0107. The molecule has 0 bridgehead atoms.